The van der Waals surface area contributed by atoms with Crippen LogP contribution in [0.15, 0.2) is 53.4 Å². The van der Waals surface area contributed by atoms with Gasteiger partial charge in [0, 0.05) is 21.1 Å². The molecule has 0 saturated carbocycles. The van der Waals surface area contributed by atoms with E-state index in [4.69, 9.17) is 5.73 Å². The maximum atomic E-state index is 13.0. The number of hydrogen-bond acceptors (Lipinski definition) is 4. The predicted molar refractivity (Wildman–Crippen MR) is 105 cm³/mol. The Morgan fingerprint density at radius 2 is 1.42 bits per heavy atom. The van der Waals surface area contributed by atoms with Crippen molar-refractivity contribution in [3.63, 3.8) is 0 Å². The first-order chi connectivity index (χ1) is 12.0. The molecule has 6 nitrogen and oxygen atoms in total. The number of carbonyl (C=O) groups is 1. The molecule has 1 amide bonds. The van der Waals surface area contributed by atoms with Crippen molar-refractivity contribution >= 4 is 27.3 Å². The van der Waals surface area contributed by atoms with E-state index in [1.807, 2.05) is 31.1 Å². The van der Waals surface area contributed by atoms with Gasteiger partial charge in [-0.25, -0.2) is 8.42 Å². The molecule has 0 heterocycles. The number of para-hydroxylation sites is 2. The maximum Gasteiger partial charge on any atom is 0.264 e. The van der Waals surface area contributed by atoms with Crippen LogP contribution in [0.3, 0.4) is 0 Å². The number of anilines is 2. The van der Waals surface area contributed by atoms with Gasteiger partial charge in [0.05, 0.1) is 21.7 Å². The van der Waals surface area contributed by atoms with E-state index in [0.29, 0.717) is 11.3 Å². The molecule has 0 spiro atoms. The third-order valence-electron chi connectivity index (χ3n) is 4.55. The molecule has 0 aliphatic carbocycles. The second kappa shape index (κ2) is 6.99. The van der Waals surface area contributed by atoms with Crippen molar-refractivity contribution in [1.29, 1.82) is 0 Å². The van der Waals surface area contributed by atoms with Gasteiger partial charge in [-0.3, -0.25) is 9.10 Å². The normalized spacial score (nSPS) is 11.9. The molecule has 0 aliphatic heterocycles. The van der Waals surface area contributed by atoms with E-state index < -0.39 is 21.3 Å². The fraction of sp³-hybridized carbons (Fsp3) is 0.316. The van der Waals surface area contributed by atoms with Gasteiger partial charge in [0.1, 0.15) is 0 Å². The van der Waals surface area contributed by atoms with Crippen LogP contribution in [-0.2, 0) is 20.2 Å². The number of rotatable bonds is 6. The smallest absolute Gasteiger partial charge is 0.264 e. The molecule has 0 fully saturated rings. The highest BCUT2D eigenvalue weighted by Crippen LogP contribution is 2.31. The lowest BCUT2D eigenvalue weighted by Crippen LogP contribution is -2.35. The number of benzene rings is 2. The summed E-state index contributed by atoms with van der Waals surface area (Å²) in [6, 6.07) is 13.5. The molecule has 0 aromatic heterocycles. The molecule has 0 unspecified atom stereocenters. The number of amides is 1. The molecule has 0 aliphatic rings. The van der Waals surface area contributed by atoms with Crippen molar-refractivity contribution in [3.8, 4) is 0 Å². The lowest BCUT2D eigenvalue weighted by atomic mass is 9.84. The largest absolute Gasteiger partial charge is 0.376 e. The van der Waals surface area contributed by atoms with Crippen LogP contribution >= 0.6 is 0 Å². The number of nitrogens with zero attached hydrogens (tertiary/aromatic N) is 2. The average Bonchev–Trinajstić information content (AvgIpc) is 2.60. The summed E-state index contributed by atoms with van der Waals surface area (Å²) in [6.45, 7) is 3.41. The molecule has 0 radical (unpaired) electrons. The zero-order valence-electron chi connectivity index (χ0n) is 15.7. The lowest BCUT2D eigenvalue weighted by molar-refractivity contribution is -0.122. The summed E-state index contributed by atoms with van der Waals surface area (Å²) in [7, 11) is 1.51. The first kappa shape index (κ1) is 19.8. The van der Waals surface area contributed by atoms with Crippen LogP contribution in [0.25, 0.3) is 0 Å². The van der Waals surface area contributed by atoms with Crippen LogP contribution in [0.1, 0.15) is 19.4 Å². The van der Waals surface area contributed by atoms with Crippen LogP contribution in [0.5, 0.6) is 0 Å². The SMILES string of the molecule is CN(C)c1ccccc1N(C)S(=O)(=O)c1ccc(C(C)(C)C(N)=O)cc1. The Balaban J connectivity index is 2.44. The zero-order valence-corrected chi connectivity index (χ0v) is 16.5. The van der Waals surface area contributed by atoms with Crippen molar-refractivity contribution in [3.05, 3.63) is 54.1 Å². The third-order valence-corrected chi connectivity index (χ3v) is 6.34. The van der Waals surface area contributed by atoms with Crippen LogP contribution in [0, 0.1) is 0 Å². The Hall–Kier alpha value is -2.54. The van der Waals surface area contributed by atoms with Crippen LogP contribution in [0.4, 0.5) is 11.4 Å². The third kappa shape index (κ3) is 3.53. The van der Waals surface area contributed by atoms with Crippen LogP contribution in [-0.4, -0.2) is 35.5 Å². The van der Waals surface area contributed by atoms with Gasteiger partial charge in [-0.05, 0) is 43.7 Å². The highest BCUT2D eigenvalue weighted by Gasteiger charge is 2.29. The van der Waals surface area contributed by atoms with Gasteiger partial charge < -0.3 is 10.6 Å². The predicted octanol–water partition coefficient (Wildman–Crippen LogP) is 2.34. The number of hydrogen-bond donors (Lipinski definition) is 1. The van der Waals surface area contributed by atoms with Gasteiger partial charge in [-0.2, -0.15) is 0 Å². The van der Waals surface area contributed by atoms with Crippen molar-refractivity contribution < 1.29 is 13.2 Å². The molecule has 0 saturated heterocycles. The Morgan fingerprint density at radius 3 is 1.88 bits per heavy atom. The van der Waals surface area contributed by atoms with Crippen molar-refractivity contribution in [2.75, 3.05) is 30.3 Å². The van der Waals surface area contributed by atoms with Crippen LogP contribution in [0.2, 0.25) is 0 Å². The van der Waals surface area contributed by atoms with E-state index in [-0.39, 0.29) is 4.90 Å². The minimum atomic E-state index is -3.74. The number of nitrogens with two attached hydrogens (primary N) is 1. The van der Waals surface area contributed by atoms with Gasteiger partial charge in [-0.15, -0.1) is 0 Å². The van der Waals surface area contributed by atoms with Crippen LogP contribution < -0.4 is 14.9 Å². The molecule has 7 heteroatoms. The molecule has 26 heavy (non-hydrogen) atoms. The fourth-order valence-electron chi connectivity index (χ4n) is 2.58. The number of carbonyl (C=O) groups excluding carboxylic acids is 1. The maximum absolute atomic E-state index is 13.0. The molecule has 0 bridgehead atoms. The molecule has 2 aromatic rings. The molecule has 0 atom stereocenters. The van der Waals surface area contributed by atoms with E-state index in [1.54, 1.807) is 38.1 Å². The summed E-state index contributed by atoms with van der Waals surface area (Å²) < 4.78 is 27.3. The second-order valence-electron chi connectivity index (χ2n) is 6.87. The van der Waals surface area contributed by atoms with Crippen molar-refractivity contribution in [2.45, 2.75) is 24.2 Å². The molecule has 2 rings (SSSR count). The number of primary amides is 1. The Kier molecular flexibility index (Phi) is 5.32. The van der Waals surface area contributed by atoms with Gasteiger partial charge >= 0.3 is 0 Å². The first-order valence-electron chi connectivity index (χ1n) is 8.15. The Morgan fingerprint density at radius 1 is 0.923 bits per heavy atom. The summed E-state index contributed by atoms with van der Waals surface area (Å²) in [5.74, 6) is -0.467. The van der Waals surface area contributed by atoms with Gasteiger partial charge in [0.15, 0.2) is 0 Å². The summed E-state index contributed by atoms with van der Waals surface area (Å²) in [6.07, 6.45) is 0. The average molecular weight is 375 g/mol. The second-order valence-corrected chi connectivity index (χ2v) is 8.84. The van der Waals surface area contributed by atoms with E-state index >= 15 is 0 Å². The standard InChI is InChI=1S/C19H25N3O3S/c1-19(2,18(20)23)14-10-12-15(13-11-14)26(24,25)22(5)17-9-7-6-8-16(17)21(3)4/h6-13H,1-5H3,(H2,20,23). The molecule has 2 aromatic carbocycles. The van der Waals surface area contributed by atoms with E-state index in [0.717, 1.165) is 5.69 Å². The summed E-state index contributed by atoms with van der Waals surface area (Å²) in [4.78, 5) is 13.6. The zero-order chi connectivity index (χ0) is 19.7. The van der Waals surface area contributed by atoms with E-state index in [1.165, 1.54) is 23.5 Å². The molecule has 140 valence electrons. The quantitative estimate of drug-likeness (QED) is 0.840. The minimum Gasteiger partial charge on any atom is -0.376 e. The van der Waals surface area contributed by atoms with Gasteiger partial charge in [0.25, 0.3) is 10.0 Å². The Bertz CT molecular complexity index is 904. The Labute approximate surface area is 155 Å². The van der Waals surface area contributed by atoms with Crippen molar-refractivity contribution in [1.82, 2.24) is 0 Å². The first-order valence-corrected chi connectivity index (χ1v) is 9.59. The minimum absolute atomic E-state index is 0.151. The van der Waals surface area contributed by atoms with Gasteiger partial charge in [-0.1, -0.05) is 24.3 Å². The lowest BCUT2D eigenvalue weighted by Gasteiger charge is -2.26. The highest BCUT2D eigenvalue weighted by molar-refractivity contribution is 7.92. The molecular formula is C19H25N3O3S. The van der Waals surface area contributed by atoms with E-state index in [9.17, 15) is 13.2 Å². The summed E-state index contributed by atoms with van der Waals surface area (Å²) in [5.41, 5.74) is 6.60. The van der Waals surface area contributed by atoms with Gasteiger partial charge in [0.2, 0.25) is 5.91 Å². The molecule has 2 N–H and O–H groups in total. The monoisotopic (exact) mass is 375 g/mol. The summed E-state index contributed by atoms with van der Waals surface area (Å²) >= 11 is 0. The molecular weight excluding hydrogens is 350 g/mol. The highest BCUT2D eigenvalue weighted by atomic mass is 32.2. The summed E-state index contributed by atoms with van der Waals surface area (Å²) in [5, 5.41) is 0. The fourth-order valence-corrected chi connectivity index (χ4v) is 3.79. The topological polar surface area (TPSA) is 83.7 Å². The van der Waals surface area contributed by atoms with Crippen molar-refractivity contribution in [2.24, 2.45) is 5.73 Å². The number of sulfonamides is 1. The van der Waals surface area contributed by atoms with E-state index in [2.05, 4.69) is 0 Å².